The summed E-state index contributed by atoms with van der Waals surface area (Å²) in [6.07, 6.45) is -3.93. The van der Waals surface area contributed by atoms with Crippen LogP contribution < -0.4 is 5.73 Å². The van der Waals surface area contributed by atoms with Crippen LogP contribution in [0, 0.1) is 0 Å². The molecule has 0 spiro atoms. The predicted molar refractivity (Wildman–Crippen MR) is 97.3 cm³/mol. The number of fused-ring (bicyclic) bond motifs is 1. The molecule has 1 aromatic heterocycles. The molecule has 1 unspecified atom stereocenters. The third kappa shape index (κ3) is 3.75. The molecule has 138 valence electrons. The molecule has 7 heteroatoms. The number of aliphatic hydroxyl groups excluding tert-OH is 1. The summed E-state index contributed by atoms with van der Waals surface area (Å²) in [7, 11) is 1.88. The molecule has 1 atom stereocenters. The molecule has 2 aromatic carbocycles. The fourth-order valence-corrected chi connectivity index (χ4v) is 4.06. The van der Waals surface area contributed by atoms with Gasteiger partial charge in [0.2, 0.25) is 0 Å². The van der Waals surface area contributed by atoms with Crippen molar-refractivity contribution in [3.63, 3.8) is 0 Å². The van der Waals surface area contributed by atoms with Crippen molar-refractivity contribution in [1.82, 2.24) is 4.57 Å². The molecule has 0 radical (unpaired) electrons. The summed E-state index contributed by atoms with van der Waals surface area (Å²) in [5.74, 6) is 0. The van der Waals surface area contributed by atoms with Crippen LogP contribution in [0.3, 0.4) is 0 Å². The Balaban J connectivity index is 2.07. The number of hydrogen-bond donors (Lipinski definition) is 2. The number of hydrogen-bond acceptors (Lipinski definition) is 3. The Labute approximate surface area is 153 Å². The minimum absolute atomic E-state index is 0.156. The Bertz CT molecular complexity index is 921. The second-order valence-electron chi connectivity index (χ2n) is 6.13. The second kappa shape index (κ2) is 7.34. The normalized spacial score (nSPS) is 13.3. The lowest BCUT2D eigenvalue weighted by Crippen LogP contribution is -2.27. The highest BCUT2D eigenvalue weighted by Gasteiger charge is 2.30. The van der Waals surface area contributed by atoms with Gasteiger partial charge in [0, 0.05) is 28.9 Å². The van der Waals surface area contributed by atoms with E-state index >= 15 is 0 Å². The summed E-state index contributed by atoms with van der Waals surface area (Å²) >= 11 is 1.28. The first kappa shape index (κ1) is 18.8. The standard InChI is InChI=1S/C19H19F3N2OS/c1-24-17-8-3-2-7-15(17)16(10-13(23)11-25)18(24)26-14-6-4-5-12(9-14)19(20,21)22/h2-9,13,25H,10-11,23H2,1H3. The van der Waals surface area contributed by atoms with Gasteiger partial charge in [-0.3, -0.25) is 0 Å². The zero-order valence-corrected chi connectivity index (χ0v) is 14.9. The first-order valence-electron chi connectivity index (χ1n) is 8.09. The van der Waals surface area contributed by atoms with E-state index in [-0.39, 0.29) is 6.61 Å². The Kier molecular flexibility index (Phi) is 5.32. The van der Waals surface area contributed by atoms with Crippen molar-refractivity contribution in [1.29, 1.82) is 0 Å². The van der Waals surface area contributed by atoms with E-state index in [1.165, 1.54) is 17.8 Å². The largest absolute Gasteiger partial charge is 0.416 e. The molecule has 0 bridgehead atoms. The van der Waals surface area contributed by atoms with Crippen molar-refractivity contribution in [3.8, 4) is 0 Å². The van der Waals surface area contributed by atoms with E-state index in [1.807, 2.05) is 35.9 Å². The van der Waals surface area contributed by atoms with Crippen LogP contribution >= 0.6 is 11.8 Å². The van der Waals surface area contributed by atoms with Crippen LogP contribution in [0.2, 0.25) is 0 Å². The lowest BCUT2D eigenvalue weighted by molar-refractivity contribution is -0.137. The predicted octanol–water partition coefficient (Wildman–Crippen LogP) is 4.21. The molecule has 3 aromatic rings. The van der Waals surface area contributed by atoms with Crippen molar-refractivity contribution in [3.05, 3.63) is 59.7 Å². The molecule has 1 heterocycles. The molecule has 0 aliphatic rings. The molecule has 0 saturated carbocycles. The number of aliphatic hydroxyl groups is 1. The average Bonchev–Trinajstić information content (AvgIpc) is 2.87. The summed E-state index contributed by atoms with van der Waals surface area (Å²) in [5, 5.41) is 11.1. The van der Waals surface area contributed by atoms with Gasteiger partial charge >= 0.3 is 6.18 Å². The zero-order chi connectivity index (χ0) is 18.9. The van der Waals surface area contributed by atoms with Gasteiger partial charge in [-0.25, -0.2) is 0 Å². The van der Waals surface area contributed by atoms with E-state index in [0.717, 1.165) is 33.6 Å². The van der Waals surface area contributed by atoms with Crippen molar-refractivity contribution >= 4 is 22.7 Å². The van der Waals surface area contributed by atoms with Gasteiger partial charge in [0.05, 0.1) is 17.2 Å². The van der Waals surface area contributed by atoms with Crippen LogP contribution in [-0.2, 0) is 19.6 Å². The molecule has 0 saturated heterocycles. The number of nitrogens with two attached hydrogens (primary N) is 1. The second-order valence-corrected chi connectivity index (χ2v) is 7.20. The van der Waals surface area contributed by atoms with Crippen LogP contribution in [-0.4, -0.2) is 22.3 Å². The number of alkyl halides is 3. The van der Waals surface area contributed by atoms with E-state index in [1.54, 1.807) is 6.07 Å². The SMILES string of the molecule is Cn1c(Sc2cccc(C(F)(F)F)c2)c(CC(N)CO)c2ccccc21. The first-order valence-corrected chi connectivity index (χ1v) is 8.90. The maximum absolute atomic E-state index is 13.0. The molecule has 0 fully saturated rings. The third-order valence-corrected chi connectivity index (χ3v) is 5.43. The van der Waals surface area contributed by atoms with Crippen molar-refractivity contribution in [2.75, 3.05) is 6.61 Å². The van der Waals surface area contributed by atoms with Gasteiger partial charge in [0.25, 0.3) is 0 Å². The highest BCUT2D eigenvalue weighted by atomic mass is 32.2. The number of benzene rings is 2. The topological polar surface area (TPSA) is 51.2 Å². The molecule has 3 rings (SSSR count). The van der Waals surface area contributed by atoms with Gasteiger partial charge < -0.3 is 15.4 Å². The molecule has 3 nitrogen and oxygen atoms in total. The lowest BCUT2D eigenvalue weighted by atomic mass is 10.1. The van der Waals surface area contributed by atoms with E-state index in [9.17, 15) is 18.3 Å². The van der Waals surface area contributed by atoms with Crippen molar-refractivity contribution in [2.45, 2.75) is 28.6 Å². The van der Waals surface area contributed by atoms with Gasteiger partial charge in [-0.1, -0.05) is 36.0 Å². The van der Waals surface area contributed by atoms with Gasteiger partial charge in [0.1, 0.15) is 0 Å². The molecule has 3 N–H and O–H groups in total. The molecule has 0 amide bonds. The lowest BCUT2D eigenvalue weighted by Gasteiger charge is -2.12. The number of rotatable bonds is 5. The van der Waals surface area contributed by atoms with Gasteiger partial charge in [0.15, 0.2) is 0 Å². The summed E-state index contributed by atoms with van der Waals surface area (Å²) in [4.78, 5) is 0.504. The maximum Gasteiger partial charge on any atom is 0.416 e. The molecule has 26 heavy (non-hydrogen) atoms. The van der Waals surface area contributed by atoms with Crippen molar-refractivity contribution in [2.24, 2.45) is 12.8 Å². The van der Waals surface area contributed by atoms with E-state index in [2.05, 4.69) is 0 Å². The number of halogens is 3. The number of para-hydroxylation sites is 1. The summed E-state index contributed by atoms with van der Waals surface area (Å²) in [6, 6.07) is 12.6. The van der Waals surface area contributed by atoms with Gasteiger partial charge in [-0.05, 0) is 36.2 Å². The minimum Gasteiger partial charge on any atom is -0.395 e. The third-order valence-electron chi connectivity index (χ3n) is 4.23. The highest BCUT2D eigenvalue weighted by Crippen LogP contribution is 2.39. The Hall–Kier alpha value is -1.96. The highest BCUT2D eigenvalue weighted by molar-refractivity contribution is 7.99. The van der Waals surface area contributed by atoms with E-state index in [0.29, 0.717) is 11.3 Å². The maximum atomic E-state index is 13.0. The fraction of sp³-hybridized carbons (Fsp3) is 0.263. The fourth-order valence-electron chi connectivity index (χ4n) is 2.95. The molecular weight excluding hydrogens is 361 g/mol. The van der Waals surface area contributed by atoms with Crippen LogP contribution in [0.4, 0.5) is 13.2 Å². The Morgan fingerprint density at radius 2 is 1.88 bits per heavy atom. The monoisotopic (exact) mass is 380 g/mol. The van der Waals surface area contributed by atoms with Gasteiger partial charge in [-0.15, -0.1) is 0 Å². The minimum atomic E-state index is -4.38. The van der Waals surface area contributed by atoms with Crippen LogP contribution in [0.5, 0.6) is 0 Å². The van der Waals surface area contributed by atoms with Crippen LogP contribution in [0.25, 0.3) is 10.9 Å². The number of aromatic nitrogens is 1. The quantitative estimate of drug-likeness (QED) is 0.697. The van der Waals surface area contributed by atoms with Crippen LogP contribution in [0.1, 0.15) is 11.1 Å². The summed E-state index contributed by atoms with van der Waals surface area (Å²) < 4.78 is 40.9. The summed E-state index contributed by atoms with van der Waals surface area (Å²) in [6.45, 7) is -0.156. The van der Waals surface area contributed by atoms with Crippen molar-refractivity contribution < 1.29 is 18.3 Å². The summed E-state index contributed by atoms with van der Waals surface area (Å²) in [5.41, 5.74) is 7.17. The average molecular weight is 380 g/mol. The molecule has 0 aliphatic heterocycles. The van der Waals surface area contributed by atoms with Gasteiger partial charge in [-0.2, -0.15) is 13.2 Å². The number of aryl methyl sites for hydroxylation is 1. The van der Waals surface area contributed by atoms with E-state index in [4.69, 9.17) is 5.73 Å². The zero-order valence-electron chi connectivity index (χ0n) is 14.1. The smallest absolute Gasteiger partial charge is 0.395 e. The van der Waals surface area contributed by atoms with Crippen LogP contribution in [0.15, 0.2) is 58.5 Å². The van der Waals surface area contributed by atoms with E-state index < -0.39 is 17.8 Å². The Morgan fingerprint density at radius 3 is 2.58 bits per heavy atom. The first-order chi connectivity index (χ1) is 12.3. The Morgan fingerprint density at radius 1 is 1.15 bits per heavy atom. The molecule has 0 aliphatic carbocycles. The molecular formula is C19H19F3N2OS. The number of nitrogens with zero attached hydrogens (tertiary/aromatic N) is 1.